The minimum atomic E-state index is 0.0593. The number of aromatic nitrogens is 2. The Hall–Kier alpha value is -2.18. The Morgan fingerprint density at radius 1 is 1.04 bits per heavy atom. The van der Waals surface area contributed by atoms with Crippen LogP contribution >= 0.6 is 0 Å². The molecular formula is C21H26N4O2. The maximum atomic E-state index is 13.0. The van der Waals surface area contributed by atoms with Crippen molar-refractivity contribution >= 4 is 5.91 Å². The van der Waals surface area contributed by atoms with Crippen LogP contribution < -0.4 is 0 Å². The molecule has 0 spiro atoms. The van der Waals surface area contributed by atoms with Gasteiger partial charge in [-0.3, -0.25) is 14.4 Å². The van der Waals surface area contributed by atoms with Crippen molar-refractivity contribution < 1.29 is 9.53 Å². The molecule has 1 aromatic heterocycles. The van der Waals surface area contributed by atoms with Crippen molar-refractivity contribution in [1.82, 2.24) is 19.6 Å². The predicted molar refractivity (Wildman–Crippen MR) is 101 cm³/mol. The number of benzene rings is 1. The van der Waals surface area contributed by atoms with Crippen LogP contribution in [0.5, 0.6) is 0 Å². The van der Waals surface area contributed by atoms with E-state index in [0.29, 0.717) is 18.3 Å². The van der Waals surface area contributed by atoms with E-state index in [1.807, 2.05) is 21.7 Å². The van der Waals surface area contributed by atoms with Gasteiger partial charge in [0.15, 0.2) is 5.69 Å². The lowest BCUT2D eigenvalue weighted by Crippen LogP contribution is -2.43. The topological polar surface area (TPSA) is 50.6 Å². The van der Waals surface area contributed by atoms with Gasteiger partial charge in [-0.05, 0) is 36.5 Å². The van der Waals surface area contributed by atoms with Crippen molar-refractivity contribution in [2.75, 3.05) is 26.3 Å². The fourth-order valence-corrected chi connectivity index (χ4v) is 4.58. The average Bonchev–Trinajstić information content (AvgIpc) is 3.17. The van der Waals surface area contributed by atoms with Crippen LogP contribution in [0.4, 0.5) is 0 Å². The van der Waals surface area contributed by atoms with Gasteiger partial charge in [0.25, 0.3) is 5.91 Å². The zero-order chi connectivity index (χ0) is 18.2. The van der Waals surface area contributed by atoms with Crippen molar-refractivity contribution in [3.63, 3.8) is 0 Å². The van der Waals surface area contributed by atoms with Crippen LogP contribution in [-0.2, 0) is 30.8 Å². The molecule has 0 N–H and O–H groups in total. The number of fused-ring (bicyclic) bond motifs is 2. The number of carbonyl (C=O) groups is 1. The summed E-state index contributed by atoms with van der Waals surface area (Å²) >= 11 is 0. The third kappa shape index (κ3) is 3.28. The molecule has 5 rings (SSSR count). The van der Waals surface area contributed by atoms with Gasteiger partial charge in [0.05, 0.1) is 12.2 Å². The number of nitrogens with zero attached hydrogens (tertiary/aromatic N) is 4. The van der Waals surface area contributed by atoms with E-state index in [0.717, 1.165) is 64.3 Å². The molecule has 0 saturated carbocycles. The summed E-state index contributed by atoms with van der Waals surface area (Å²) in [6.45, 7) is 5.93. The molecule has 0 unspecified atom stereocenters. The average molecular weight is 366 g/mol. The molecule has 6 nitrogen and oxygen atoms in total. The molecule has 0 radical (unpaired) electrons. The molecule has 3 aliphatic heterocycles. The molecule has 0 bridgehead atoms. The first-order chi connectivity index (χ1) is 13.3. The second-order valence-electron chi connectivity index (χ2n) is 7.80. The van der Waals surface area contributed by atoms with E-state index in [4.69, 9.17) is 4.74 Å². The lowest BCUT2D eigenvalue weighted by molar-refractivity contribution is 0.0233. The number of amides is 1. The predicted octanol–water partition coefficient (Wildman–Crippen LogP) is 2.08. The van der Waals surface area contributed by atoms with Gasteiger partial charge in [0.2, 0.25) is 0 Å². The summed E-state index contributed by atoms with van der Waals surface area (Å²) in [6, 6.07) is 11.0. The van der Waals surface area contributed by atoms with E-state index < -0.39 is 0 Å². The SMILES string of the molecule is O=C(c1cc2n(n1)CCN(C1CCOCC1)C2)N1CCc2ccccc2C1. The van der Waals surface area contributed by atoms with Gasteiger partial charge < -0.3 is 9.64 Å². The molecule has 1 aromatic carbocycles. The van der Waals surface area contributed by atoms with Crippen LogP contribution in [0.25, 0.3) is 0 Å². The Morgan fingerprint density at radius 2 is 1.85 bits per heavy atom. The number of ether oxygens (including phenoxy) is 1. The maximum Gasteiger partial charge on any atom is 0.274 e. The van der Waals surface area contributed by atoms with Gasteiger partial charge in [-0.2, -0.15) is 5.10 Å². The minimum Gasteiger partial charge on any atom is -0.381 e. The first-order valence-electron chi connectivity index (χ1n) is 10.0. The van der Waals surface area contributed by atoms with E-state index >= 15 is 0 Å². The third-order valence-corrected chi connectivity index (χ3v) is 6.17. The molecule has 0 aliphatic carbocycles. The van der Waals surface area contributed by atoms with Gasteiger partial charge in [-0.1, -0.05) is 24.3 Å². The fraction of sp³-hybridized carbons (Fsp3) is 0.524. The lowest BCUT2D eigenvalue weighted by Gasteiger charge is -2.36. The Balaban J connectivity index is 1.30. The van der Waals surface area contributed by atoms with Gasteiger partial charge in [0.1, 0.15) is 0 Å². The Morgan fingerprint density at radius 3 is 2.70 bits per heavy atom. The summed E-state index contributed by atoms with van der Waals surface area (Å²) in [5.74, 6) is 0.0593. The van der Waals surface area contributed by atoms with Crippen LogP contribution in [0.3, 0.4) is 0 Å². The van der Waals surface area contributed by atoms with E-state index in [1.165, 1.54) is 11.1 Å². The molecule has 4 heterocycles. The quantitative estimate of drug-likeness (QED) is 0.817. The van der Waals surface area contributed by atoms with E-state index in [9.17, 15) is 4.79 Å². The van der Waals surface area contributed by atoms with E-state index in [2.05, 4.69) is 28.2 Å². The maximum absolute atomic E-state index is 13.0. The first kappa shape index (κ1) is 17.0. The molecule has 3 aliphatic rings. The van der Waals surface area contributed by atoms with Crippen molar-refractivity contribution in [2.24, 2.45) is 0 Å². The van der Waals surface area contributed by atoms with Crippen LogP contribution in [0.1, 0.15) is 40.2 Å². The molecule has 1 saturated heterocycles. The largest absolute Gasteiger partial charge is 0.381 e. The van der Waals surface area contributed by atoms with Crippen LogP contribution in [0, 0.1) is 0 Å². The van der Waals surface area contributed by atoms with Gasteiger partial charge in [-0.25, -0.2) is 0 Å². The molecular weight excluding hydrogens is 340 g/mol. The van der Waals surface area contributed by atoms with Gasteiger partial charge in [-0.15, -0.1) is 0 Å². The molecule has 27 heavy (non-hydrogen) atoms. The number of carbonyl (C=O) groups excluding carboxylic acids is 1. The van der Waals surface area contributed by atoms with Crippen molar-refractivity contribution in [1.29, 1.82) is 0 Å². The lowest BCUT2D eigenvalue weighted by atomic mass is 10.00. The zero-order valence-electron chi connectivity index (χ0n) is 15.6. The highest BCUT2D eigenvalue weighted by Gasteiger charge is 2.29. The standard InChI is InChI=1S/C21H26N4O2/c26-21(24-8-5-16-3-1-2-4-17(16)14-24)20-13-19-15-23(9-10-25(19)22-20)18-6-11-27-12-7-18/h1-4,13,18H,5-12,14-15H2. The van der Waals surface area contributed by atoms with E-state index in [-0.39, 0.29) is 5.91 Å². The monoisotopic (exact) mass is 366 g/mol. The summed E-state index contributed by atoms with van der Waals surface area (Å²) in [7, 11) is 0. The smallest absolute Gasteiger partial charge is 0.274 e. The molecule has 2 aromatic rings. The van der Waals surface area contributed by atoms with Gasteiger partial charge in [0, 0.05) is 45.4 Å². The van der Waals surface area contributed by atoms with Crippen LogP contribution in [-0.4, -0.2) is 57.8 Å². The zero-order valence-corrected chi connectivity index (χ0v) is 15.6. The van der Waals surface area contributed by atoms with Crippen LogP contribution in [0.15, 0.2) is 30.3 Å². The highest BCUT2D eigenvalue weighted by atomic mass is 16.5. The summed E-state index contributed by atoms with van der Waals surface area (Å²) in [5.41, 5.74) is 4.37. The summed E-state index contributed by atoms with van der Waals surface area (Å²) in [4.78, 5) is 17.5. The summed E-state index contributed by atoms with van der Waals surface area (Å²) in [5, 5.41) is 4.64. The van der Waals surface area contributed by atoms with Crippen molar-refractivity contribution in [2.45, 2.75) is 44.9 Å². The van der Waals surface area contributed by atoms with Crippen LogP contribution in [0.2, 0.25) is 0 Å². The van der Waals surface area contributed by atoms with Crippen molar-refractivity contribution in [3.8, 4) is 0 Å². The number of rotatable bonds is 2. The first-order valence-corrected chi connectivity index (χ1v) is 10.0. The molecule has 6 heteroatoms. The summed E-state index contributed by atoms with van der Waals surface area (Å²) < 4.78 is 7.52. The Labute approximate surface area is 159 Å². The summed E-state index contributed by atoms with van der Waals surface area (Å²) in [6.07, 6.45) is 3.13. The minimum absolute atomic E-state index is 0.0593. The number of hydrogen-bond donors (Lipinski definition) is 0. The second-order valence-corrected chi connectivity index (χ2v) is 7.80. The van der Waals surface area contributed by atoms with E-state index in [1.54, 1.807) is 0 Å². The molecule has 1 amide bonds. The van der Waals surface area contributed by atoms with Gasteiger partial charge >= 0.3 is 0 Å². The number of hydrogen-bond acceptors (Lipinski definition) is 4. The molecule has 142 valence electrons. The molecule has 1 fully saturated rings. The normalized spacial score (nSPS) is 21.0. The third-order valence-electron chi connectivity index (χ3n) is 6.17. The molecule has 0 atom stereocenters. The van der Waals surface area contributed by atoms with Crippen molar-refractivity contribution in [3.05, 3.63) is 52.8 Å². The highest BCUT2D eigenvalue weighted by molar-refractivity contribution is 5.92. The Bertz CT molecular complexity index is 840. The Kier molecular flexibility index (Phi) is 4.45. The fourth-order valence-electron chi connectivity index (χ4n) is 4.58. The second kappa shape index (κ2) is 7.09. The highest BCUT2D eigenvalue weighted by Crippen LogP contribution is 2.23.